The van der Waals surface area contributed by atoms with E-state index in [1.54, 1.807) is 30.3 Å². The van der Waals surface area contributed by atoms with Gasteiger partial charge < -0.3 is 9.92 Å². The largest absolute Gasteiger partial charge is 0.393 e. The second-order valence-corrected chi connectivity index (χ2v) is 3.19. The second-order valence-electron chi connectivity index (χ2n) is 3.01. The number of Topliss-reactive ketones (excluding diaryl/α,β-unsaturated/α-hetero) is 1. The van der Waals surface area contributed by atoms with E-state index in [1.165, 1.54) is 0 Å². The standard InChI is InChI=1S/C10H11NO3S/c11-8(10(13)14-15)6-9(12)7-4-2-1-3-5-7/h1-5,8,15H,6,11H2. The minimum absolute atomic E-state index is 0.0800. The normalized spacial score (nSPS) is 11.9. The van der Waals surface area contributed by atoms with Gasteiger partial charge in [-0.3, -0.25) is 4.79 Å². The predicted octanol–water partition coefficient (Wildman–Crippen LogP) is 0.975. The van der Waals surface area contributed by atoms with Crippen molar-refractivity contribution in [2.24, 2.45) is 5.73 Å². The van der Waals surface area contributed by atoms with Crippen LogP contribution in [-0.4, -0.2) is 17.8 Å². The van der Waals surface area contributed by atoms with Crippen LogP contribution in [-0.2, 0) is 8.98 Å². The highest BCUT2D eigenvalue weighted by molar-refractivity contribution is 7.75. The zero-order valence-electron chi connectivity index (χ0n) is 7.92. The highest BCUT2D eigenvalue weighted by Crippen LogP contribution is 2.05. The van der Waals surface area contributed by atoms with E-state index in [9.17, 15) is 9.59 Å². The zero-order valence-corrected chi connectivity index (χ0v) is 8.81. The van der Waals surface area contributed by atoms with Crippen LogP contribution in [0.1, 0.15) is 16.8 Å². The van der Waals surface area contributed by atoms with Gasteiger partial charge in [0.05, 0.1) is 0 Å². The van der Waals surface area contributed by atoms with Gasteiger partial charge in [0.15, 0.2) is 5.78 Å². The fourth-order valence-electron chi connectivity index (χ4n) is 1.09. The molecule has 1 aromatic rings. The highest BCUT2D eigenvalue weighted by Gasteiger charge is 2.18. The Morgan fingerprint density at radius 3 is 2.47 bits per heavy atom. The van der Waals surface area contributed by atoms with E-state index >= 15 is 0 Å². The van der Waals surface area contributed by atoms with Crippen LogP contribution in [0.15, 0.2) is 30.3 Å². The van der Waals surface area contributed by atoms with Crippen molar-refractivity contribution in [3.05, 3.63) is 35.9 Å². The number of hydrogen-bond acceptors (Lipinski definition) is 5. The third-order valence-corrected chi connectivity index (χ3v) is 2.07. The molecule has 2 N–H and O–H groups in total. The Balaban J connectivity index is 2.61. The minimum Gasteiger partial charge on any atom is -0.393 e. The van der Waals surface area contributed by atoms with Crippen LogP contribution in [0.25, 0.3) is 0 Å². The Kier molecular flexibility index (Phi) is 4.33. The Hall–Kier alpha value is -1.33. The van der Waals surface area contributed by atoms with Crippen molar-refractivity contribution in [3.63, 3.8) is 0 Å². The van der Waals surface area contributed by atoms with E-state index in [0.29, 0.717) is 5.56 Å². The van der Waals surface area contributed by atoms with Crippen molar-refractivity contribution in [2.75, 3.05) is 0 Å². The van der Waals surface area contributed by atoms with Gasteiger partial charge in [-0.15, -0.1) is 0 Å². The predicted molar refractivity (Wildman–Crippen MR) is 58.4 cm³/mol. The molecule has 0 aromatic heterocycles. The summed E-state index contributed by atoms with van der Waals surface area (Å²) in [4.78, 5) is 22.5. The van der Waals surface area contributed by atoms with Gasteiger partial charge in [0, 0.05) is 24.9 Å². The lowest BCUT2D eigenvalue weighted by molar-refractivity contribution is -0.134. The molecule has 1 aromatic carbocycles. The number of nitrogens with two attached hydrogens (primary N) is 1. The first-order valence-electron chi connectivity index (χ1n) is 4.34. The molecule has 15 heavy (non-hydrogen) atoms. The molecule has 1 atom stereocenters. The molecule has 0 bridgehead atoms. The number of carbonyl (C=O) groups is 2. The maximum atomic E-state index is 11.6. The topological polar surface area (TPSA) is 69.4 Å². The van der Waals surface area contributed by atoms with E-state index < -0.39 is 12.0 Å². The summed E-state index contributed by atoms with van der Waals surface area (Å²) in [6.07, 6.45) is -0.0800. The third kappa shape index (κ3) is 3.38. The average molecular weight is 225 g/mol. The molecule has 0 saturated carbocycles. The summed E-state index contributed by atoms with van der Waals surface area (Å²) in [6.45, 7) is 0. The molecule has 0 saturated heterocycles. The maximum Gasteiger partial charge on any atom is 0.335 e. The van der Waals surface area contributed by atoms with Gasteiger partial charge in [-0.05, 0) is 0 Å². The van der Waals surface area contributed by atoms with Crippen molar-refractivity contribution < 1.29 is 13.8 Å². The SMILES string of the molecule is NC(CC(=O)c1ccccc1)C(=O)OS. The molecular weight excluding hydrogens is 214 g/mol. The monoisotopic (exact) mass is 225 g/mol. The number of thiol groups is 1. The van der Waals surface area contributed by atoms with Gasteiger partial charge in [-0.1, -0.05) is 30.3 Å². The molecule has 80 valence electrons. The van der Waals surface area contributed by atoms with E-state index in [0.717, 1.165) is 0 Å². The Morgan fingerprint density at radius 1 is 1.33 bits per heavy atom. The Bertz CT molecular complexity index is 353. The lowest BCUT2D eigenvalue weighted by atomic mass is 10.0. The summed E-state index contributed by atoms with van der Waals surface area (Å²) < 4.78 is 4.13. The lowest BCUT2D eigenvalue weighted by Gasteiger charge is -2.06. The summed E-state index contributed by atoms with van der Waals surface area (Å²) in [7, 11) is 0. The fraction of sp³-hybridized carbons (Fsp3) is 0.200. The van der Waals surface area contributed by atoms with Gasteiger partial charge in [0.1, 0.15) is 6.04 Å². The summed E-state index contributed by atoms with van der Waals surface area (Å²) >= 11 is 3.32. The van der Waals surface area contributed by atoms with Crippen LogP contribution in [0.5, 0.6) is 0 Å². The van der Waals surface area contributed by atoms with Gasteiger partial charge in [0.2, 0.25) is 0 Å². The van der Waals surface area contributed by atoms with E-state index in [4.69, 9.17) is 5.73 Å². The Morgan fingerprint density at radius 2 is 1.93 bits per heavy atom. The molecule has 0 spiro atoms. The third-order valence-electron chi connectivity index (χ3n) is 1.89. The first kappa shape index (κ1) is 11.7. The first-order chi connectivity index (χ1) is 7.15. The van der Waals surface area contributed by atoms with Crippen LogP contribution < -0.4 is 5.73 Å². The number of rotatable bonds is 4. The maximum absolute atomic E-state index is 11.6. The smallest absolute Gasteiger partial charge is 0.335 e. The number of hydrogen-bond donors (Lipinski definition) is 2. The minimum atomic E-state index is -0.963. The van der Waals surface area contributed by atoms with Crippen molar-refractivity contribution in [1.29, 1.82) is 0 Å². The summed E-state index contributed by atoms with van der Waals surface area (Å²) in [6, 6.07) is 7.67. The van der Waals surface area contributed by atoms with Crippen molar-refractivity contribution >= 4 is 24.7 Å². The highest BCUT2D eigenvalue weighted by atomic mass is 32.1. The molecule has 0 aliphatic carbocycles. The molecule has 1 rings (SSSR count). The van der Waals surface area contributed by atoms with Gasteiger partial charge in [-0.25, -0.2) is 4.79 Å². The van der Waals surface area contributed by atoms with E-state index in [1.807, 2.05) is 0 Å². The van der Waals surface area contributed by atoms with E-state index in [-0.39, 0.29) is 12.2 Å². The number of ketones is 1. The molecule has 0 aliphatic rings. The first-order valence-corrected chi connectivity index (χ1v) is 4.70. The molecule has 1 unspecified atom stereocenters. The average Bonchev–Trinajstić information content (AvgIpc) is 2.29. The van der Waals surface area contributed by atoms with Gasteiger partial charge in [-0.2, -0.15) is 0 Å². The molecular formula is C10H11NO3S. The summed E-state index contributed by atoms with van der Waals surface area (Å²) in [5.74, 6) is -0.899. The molecule has 0 heterocycles. The molecule has 5 heteroatoms. The number of carbonyl (C=O) groups excluding carboxylic acids is 2. The lowest BCUT2D eigenvalue weighted by Crippen LogP contribution is -2.33. The zero-order chi connectivity index (χ0) is 11.3. The molecule has 0 fully saturated rings. The van der Waals surface area contributed by atoms with Crippen LogP contribution in [0.3, 0.4) is 0 Å². The van der Waals surface area contributed by atoms with Crippen molar-refractivity contribution in [3.8, 4) is 0 Å². The second kappa shape index (κ2) is 5.53. The van der Waals surface area contributed by atoms with E-state index in [2.05, 4.69) is 17.1 Å². The summed E-state index contributed by atoms with van der Waals surface area (Å²) in [5, 5.41) is 0. The summed E-state index contributed by atoms with van der Waals surface area (Å²) in [5.41, 5.74) is 5.95. The Labute approximate surface area is 93.0 Å². The van der Waals surface area contributed by atoms with Crippen LogP contribution in [0, 0.1) is 0 Å². The van der Waals surface area contributed by atoms with Gasteiger partial charge >= 0.3 is 5.97 Å². The van der Waals surface area contributed by atoms with Crippen molar-refractivity contribution in [1.82, 2.24) is 0 Å². The molecule has 0 amide bonds. The molecule has 0 radical (unpaired) electrons. The van der Waals surface area contributed by atoms with Crippen LogP contribution in [0.4, 0.5) is 0 Å². The van der Waals surface area contributed by atoms with Crippen LogP contribution >= 0.6 is 12.9 Å². The van der Waals surface area contributed by atoms with Crippen LogP contribution in [0.2, 0.25) is 0 Å². The fourth-order valence-corrected chi connectivity index (χ4v) is 1.23. The quantitative estimate of drug-likeness (QED) is 0.455. The molecule has 4 nitrogen and oxygen atoms in total. The molecule has 0 aliphatic heterocycles. The van der Waals surface area contributed by atoms with Crippen molar-refractivity contribution in [2.45, 2.75) is 12.5 Å². The number of benzene rings is 1. The van der Waals surface area contributed by atoms with Gasteiger partial charge in [0.25, 0.3) is 0 Å².